The van der Waals surface area contributed by atoms with Crippen LogP contribution in [-0.2, 0) is 11.3 Å². The van der Waals surface area contributed by atoms with Crippen molar-refractivity contribution in [1.29, 1.82) is 0 Å². The summed E-state index contributed by atoms with van der Waals surface area (Å²) in [5.74, 6) is -0.0412. The van der Waals surface area contributed by atoms with Crippen molar-refractivity contribution in [3.8, 4) is 10.6 Å². The second kappa shape index (κ2) is 9.37. The van der Waals surface area contributed by atoms with E-state index in [9.17, 15) is 4.79 Å². The highest BCUT2D eigenvalue weighted by atomic mass is 35.5. The maximum atomic E-state index is 12.4. The molecular formula is C20H20ClN3OS2. The van der Waals surface area contributed by atoms with Crippen molar-refractivity contribution in [2.75, 3.05) is 25.2 Å². The Balaban J connectivity index is 1.59. The molecule has 0 spiro atoms. The number of aromatic nitrogens is 1. The molecule has 1 N–H and O–H groups in total. The summed E-state index contributed by atoms with van der Waals surface area (Å²) in [7, 11) is 1.91. The molecule has 27 heavy (non-hydrogen) atoms. The lowest BCUT2D eigenvalue weighted by Gasteiger charge is -2.16. The van der Waals surface area contributed by atoms with Crippen LogP contribution in [0, 0.1) is 0 Å². The zero-order valence-electron chi connectivity index (χ0n) is 15.1. The third-order valence-electron chi connectivity index (χ3n) is 3.88. The number of thiazole rings is 1. The molecule has 0 aliphatic heterocycles. The minimum atomic E-state index is -0.0412. The Labute approximate surface area is 172 Å². The molecule has 4 nitrogen and oxygen atoms in total. The van der Waals surface area contributed by atoms with Crippen LogP contribution >= 0.6 is 34.7 Å². The van der Waals surface area contributed by atoms with Crippen molar-refractivity contribution in [2.24, 2.45) is 0 Å². The van der Waals surface area contributed by atoms with Crippen LogP contribution in [0.4, 0.5) is 5.69 Å². The van der Waals surface area contributed by atoms with Gasteiger partial charge in [-0.25, -0.2) is 4.98 Å². The largest absolute Gasteiger partial charge is 0.324 e. The van der Waals surface area contributed by atoms with Crippen molar-refractivity contribution in [3.05, 3.63) is 64.6 Å². The van der Waals surface area contributed by atoms with Crippen molar-refractivity contribution < 1.29 is 4.79 Å². The number of likely N-dealkylation sites (N-methyl/N-ethyl adjacent to an activating group) is 1. The zero-order chi connectivity index (χ0) is 19.2. The molecule has 2 aromatic carbocycles. The highest BCUT2D eigenvalue weighted by Gasteiger charge is 2.12. The number of nitrogens with one attached hydrogen (secondary N) is 1. The Morgan fingerprint density at radius 3 is 2.74 bits per heavy atom. The quantitative estimate of drug-likeness (QED) is 0.533. The number of carbonyl (C=O) groups excluding carboxylic acids is 1. The molecule has 0 saturated carbocycles. The number of amides is 1. The van der Waals surface area contributed by atoms with Gasteiger partial charge in [-0.3, -0.25) is 9.69 Å². The normalized spacial score (nSPS) is 11.0. The summed E-state index contributed by atoms with van der Waals surface area (Å²) in [4.78, 5) is 20.0. The van der Waals surface area contributed by atoms with Gasteiger partial charge in [0.2, 0.25) is 5.91 Å². The first-order valence-electron chi connectivity index (χ1n) is 8.37. The standard InChI is InChI=1S/C20H20ClN3OS2/c1-24(12-19(25)23-17-9-5-6-10-18(17)26-2)11-14-13-27-20(22-14)15-7-3-4-8-16(15)21/h3-10,13H,11-12H2,1-2H3,(H,23,25). The van der Waals surface area contributed by atoms with Crippen LogP contribution in [0.3, 0.4) is 0 Å². The fourth-order valence-electron chi connectivity index (χ4n) is 2.65. The molecular weight excluding hydrogens is 398 g/mol. The monoisotopic (exact) mass is 417 g/mol. The van der Waals surface area contributed by atoms with E-state index in [1.54, 1.807) is 23.1 Å². The second-order valence-corrected chi connectivity index (χ2v) is 8.16. The van der Waals surface area contributed by atoms with Crippen LogP contribution in [0.1, 0.15) is 5.69 Å². The van der Waals surface area contributed by atoms with E-state index in [1.807, 2.05) is 72.1 Å². The Kier molecular flexibility index (Phi) is 6.90. The van der Waals surface area contributed by atoms with Crippen molar-refractivity contribution >= 4 is 46.3 Å². The average molecular weight is 418 g/mol. The van der Waals surface area contributed by atoms with E-state index in [-0.39, 0.29) is 5.91 Å². The Morgan fingerprint density at radius 2 is 1.96 bits per heavy atom. The van der Waals surface area contributed by atoms with Gasteiger partial charge in [-0.05, 0) is 31.5 Å². The van der Waals surface area contributed by atoms with Crippen LogP contribution < -0.4 is 5.32 Å². The summed E-state index contributed by atoms with van der Waals surface area (Å²) in [5, 5.41) is 6.57. The number of halogens is 1. The Bertz CT molecular complexity index is 929. The number of hydrogen-bond acceptors (Lipinski definition) is 5. The molecule has 3 rings (SSSR count). The van der Waals surface area contributed by atoms with Gasteiger partial charge in [-0.15, -0.1) is 23.1 Å². The molecule has 0 radical (unpaired) electrons. The predicted octanol–water partition coefficient (Wildman–Crippen LogP) is 5.26. The van der Waals surface area contributed by atoms with Gasteiger partial charge < -0.3 is 5.32 Å². The number of benzene rings is 2. The van der Waals surface area contributed by atoms with E-state index in [0.717, 1.165) is 26.8 Å². The molecule has 3 aromatic rings. The number of rotatable bonds is 7. The fraction of sp³-hybridized carbons (Fsp3) is 0.200. The van der Waals surface area contributed by atoms with Crippen LogP contribution in [-0.4, -0.2) is 35.6 Å². The van der Waals surface area contributed by atoms with Gasteiger partial charge in [0.05, 0.1) is 22.9 Å². The lowest BCUT2D eigenvalue weighted by Crippen LogP contribution is -2.30. The number of thioether (sulfide) groups is 1. The summed E-state index contributed by atoms with van der Waals surface area (Å²) in [5.41, 5.74) is 2.71. The summed E-state index contributed by atoms with van der Waals surface area (Å²) in [6, 6.07) is 15.5. The molecule has 0 aliphatic carbocycles. The molecule has 7 heteroatoms. The molecule has 0 aliphatic rings. The predicted molar refractivity (Wildman–Crippen MR) is 116 cm³/mol. The first kappa shape index (κ1) is 19.9. The van der Waals surface area contributed by atoms with Crippen molar-refractivity contribution in [1.82, 2.24) is 9.88 Å². The van der Waals surface area contributed by atoms with Gasteiger partial charge in [0.25, 0.3) is 0 Å². The Hall–Kier alpha value is -1.86. The van der Waals surface area contributed by atoms with Gasteiger partial charge in [0.15, 0.2) is 0 Å². The highest BCUT2D eigenvalue weighted by molar-refractivity contribution is 7.98. The third kappa shape index (κ3) is 5.32. The molecule has 0 unspecified atom stereocenters. The van der Waals surface area contributed by atoms with Crippen LogP contribution in [0.15, 0.2) is 58.8 Å². The molecule has 140 valence electrons. The first-order valence-corrected chi connectivity index (χ1v) is 10.9. The van der Waals surface area contributed by atoms with E-state index >= 15 is 0 Å². The molecule has 1 aromatic heterocycles. The van der Waals surface area contributed by atoms with Crippen molar-refractivity contribution in [3.63, 3.8) is 0 Å². The van der Waals surface area contributed by atoms with Crippen molar-refractivity contribution in [2.45, 2.75) is 11.4 Å². The van der Waals surface area contributed by atoms with Gasteiger partial charge in [-0.1, -0.05) is 41.9 Å². The number of hydrogen-bond donors (Lipinski definition) is 1. The molecule has 1 amide bonds. The van der Waals surface area contributed by atoms with Gasteiger partial charge >= 0.3 is 0 Å². The minimum Gasteiger partial charge on any atom is -0.324 e. The topological polar surface area (TPSA) is 45.2 Å². The average Bonchev–Trinajstić information content (AvgIpc) is 3.10. The van der Waals surface area contributed by atoms with E-state index in [1.165, 1.54) is 0 Å². The lowest BCUT2D eigenvalue weighted by atomic mass is 10.2. The van der Waals surface area contributed by atoms with E-state index < -0.39 is 0 Å². The zero-order valence-corrected chi connectivity index (χ0v) is 17.5. The van der Waals surface area contributed by atoms with Gasteiger partial charge in [0, 0.05) is 22.4 Å². The maximum absolute atomic E-state index is 12.4. The molecule has 0 atom stereocenters. The van der Waals surface area contributed by atoms with Gasteiger partial charge in [0.1, 0.15) is 5.01 Å². The van der Waals surface area contributed by atoms with E-state index in [2.05, 4.69) is 10.3 Å². The number of carbonyl (C=O) groups is 1. The maximum Gasteiger partial charge on any atom is 0.238 e. The van der Waals surface area contributed by atoms with Crippen LogP contribution in [0.25, 0.3) is 10.6 Å². The van der Waals surface area contributed by atoms with Crippen LogP contribution in [0.5, 0.6) is 0 Å². The summed E-state index contributed by atoms with van der Waals surface area (Å²) >= 11 is 9.42. The smallest absolute Gasteiger partial charge is 0.238 e. The van der Waals surface area contributed by atoms with Crippen LogP contribution in [0.2, 0.25) is 5.02 Å². The summed E-state index contributed by atoms with van der Waals surface area (Å²) in [6.45, 7) is 0.889. The number of nitrogens with zero attached hydrogens (tertiary/aromatic N) is 2. The third-order valence-corrected chi connectivity index (χ3v) is 5.93. The van der Waals surface area contributed by atoms with Gasteiger partial charge in [-0.2, -0.15) is 0 Å². The SMILES string of the molecule is CSc1ccccc1NC(=O)CN(C)Cc1csc(-c2ccccc2Cl)n1. The second-order valence-electron chi connectivity index (χ2n) is 6.04. The van der Waals surface area contributed by atoms with E-state index in [0.29, 0.717) is 18.1 Å². The summed E-state index contributed by atoms with van der Waals surface area (Å²) in [6.07, 6.45) is 2.00. The number of anilines is 1. The summed E-state index contributed by atoms with van der Waals surface area (Å²) < 4.78 is 0. The highest BCUT2D eigenvalue weighted by Crippen LogP contribution is 2.30. The molecule has 0 fully saturated rings. The fourth-order valence-corrected chi connectivity index (χ4v) is 4.34. The minimum absolute atomic E-state index is 0.0412. The number of para-hydroxylation sites is 1. The first-order chi connectivity index (χ1) is 13.1. The Morgan fingerprint density at radius 1 is 1.22 bits per heavy atom. The van der Waals surface area contributed by atoms with E-state index in [4.69, 9.17) is 11.6 Å². The lowest BCUT2D eigenvalue weighted by molar-refractivity contribution is -0.117. The molecule has 0 saturated heterocycles. The molecule has 1 heterocycles. The molecule has 0 bridgehead atoms.